The lowest BCUT2D eigenvalue weighted by Crippen LogP contribution is -2.20. The van der Waals surface area contributed by atoms with Gasteiger partial charge in [-0.25, -0.2) is 4.98 Å². The summed E-state index contributed by atoms with van der Waals surface area (Å²) >= 11 is 0. The number of hydrogen-bond donors (Lipinski definition) is 2. The van der Waals surface area contributed by atoms with Crippen LogP contribution in [0.1, 0.15) is 37.0 Å². The predicted octanol–water partition coefficient (Wildman–Crippen LogP) is 5.40. The molecular formula is C27H27N3O5. The topological polar surface area (TPSA) is 103 Å². The highest BCUT2D eigenvalue weighted by Gasteiger charge is 2.21. The Hall–Kier alpha value is -4.33. The summed E-state index contributed by atoms with van der Waals surface area (Å²) in [4.78, 5) is 29.4. The molecule has 0 saturated heterocycles. The van der Waals surface area contributed by atoms with Crippen molar-refractivity contribution in [1.29, 1.82) is 0 Å². The Bertz CT molecular complexity index is 1350. The fourth-order valence-electron chi connectivity index (χ4n) is 3.28. The molecule has 0 radical (unpaired) electrons. The second kappa shape index (κ2) is 9.89. The van der Waals surface area contributed by atoms with Gasteiger partial charge in [0, 0.05) is 28.4 Å². The van der Waals surface area contributed by atoms with Crippen LogP contribution in [0.4, 0.5) is 11.4 Å². The predicted molar refractivity (Wildman–Crippen MR) is 134 cm³/mol. The number of rotatable bonds is 7. The number of ether oxygens (including phenoxy) is 2. The number of nitrogens with one attached hydrogen (secondary N) is 2. The van der Waals surface area contributed by atoms with E-state index in [0.29, 0.717) is 45.4 Å². The molecule has 0 spiro atoms. The van der Waals surface area contributed by atoms with Crippen LogP contribution in [-0.2, 0) is 10.2 Å². The first-order chi connectivity index (χ1) is 16.7. The van der Waals surface area contributed by atoms with E-state index in [2.05, 4.69) is 15.6 Å². The summed E-state index contributed by atoms with van der Waals surface area (Å²) in [6.07, 6.45) is 0. The van der Waals surface area contributed by atoms with Gasteiger partial charge in [0.25, 0.3) is 11.8 Å². The number of carbonyl (C=O) groups excluding carboxylic acids is 2. The second-order valence-electron chi connectivity index (χ2n) is 9.00. The average Bonchev–Trinajstić information content (AvgIpc) is 3.27. The van der Waals surface area contributed by atoms with Gasteiger partial charge in [-0.3, -0.25) is 9.59 Å². The molecule has 8 heteroatoms. The number of anilines is 2. The first kappa shape index (κ1) is 23.8. The molecule has 0 unspecified atom stereocenters. The number of fused-ring (bicyclic) bond motifs is 1. The number of nitrogens with zero attached hydrogens (tertiary/aromatic N) is 1. The van der Waals surface area contributed by atoms with Gasteiger partial charge in [-0.1, -0.05) is 26.8 Å². The van der Waals surface area contributed by atoms with Crippen LogP contribution in [0.15, 0.2) is 71.1 Å². The van der Waals surface area contributed by atoms with Gasteiger partial charge in [-0.05, 0) is 54.6 Å². The minimum absolute atomic E-state index is 0.170. The molecule has 0 saturated carbocycles. The van der Waals surface area contributed by atoms with Gasteiger partial charge < -0.3 is 24.5 Å². The second-order valence-corrected chi connectivity index (χ2v) is 9.00. The molecule has 1 heterocycles. The Morgan fingerprint density at radius 1 is 0.914 bits per heavy atom. The minimum atomic E-state index is -0.307. The fourth-order valence-corrected chi connectivity index (χ4v) is 3.28. The Morgan fingerprint density at radius 2 is 1.66 bits per heavy atom. The SMILES string of the molecule is COc1cccc(NC(=O)COc2ccc(C(=O)Nc3ccc4oc(C(C)(C)C)nc4c3)cc2)c1. The van der Waals surface area contributed by atoms with Crippen LogP contribution in [-0.4, -0.2) is 30.5 Å². The van der Waals surface area contributed by atoms with Crippen LogP contribution in [0.3, 0.4) is 0 Å². The van der Waals surface area contributed by atoms with Crippen molar-refractivity contribution < 1.29 is 23.5 Å². The molecule has 8 nitrogen and oxygen atoms in total. The molecule has 4 aromatic rings. The summed E-state index contributed by atoms with van der Waals surface area (Å²) in [6.45, 7) is 5.92. The number of hydrogen-bond acceptors (Lipinski definition) is 6. The summed E-state index contributed by atoms with van der Waals surface area (Å²) in [5, 5.41) is 5.62. The van der Waals surface area contributed by atoms with Crippen LogP contribution in [0, 0.1) is 0 Å². The van der Waals surface area contributed by atoms with Gasteiger partial charge in [0.1, 0.15) is 17.0 Å². The zero-order chi connectivity index (χ0) is 25.0. The molecule has 2 amide bonds. The van der Waals surface area contributed by atoms with Gasteiger partial charge in [0.15, 0.2) is 12.2 Å². The van der Waals surface area contributed by atoms with E-state index in [1.54, 1.807) is 73.8 Å². The lowest BCUT2D eigenvalue weighted by molar-refractivity contribution is -0.118. The standard InChI is InChI=1S/C27H27N3O5/c1-27(2,3)26-30-22-15-19(10-13-23(22)35-26)29-25(32)17-8-11-20(12-9-17)34-16-24(31)28-18-6-5-7-21(14-18)33-4/h5-15H,16H2,1-4H3,(H,28,31)(H,29,32). The van der Waals surface area contributed by atoms with Crippen molar-refractivity contribution in [3.05, 3.63) is 78.2 Å². The number of oxazole rings is 1. The maximum absolute atomic E-state index is 12.7. The van der Waals surface area contributed by atoms with Crippen LogP contribution in [0.25, 0.3) is 11.1 Å². The van der Waals surface area contributed by atoms with E-state index in [1.165, 1.54) is 0 Å². The Kier molecular flexibility index (Phi) is 6.73. The summed E-state index contributed by atoms with van der Waals surface area (Å²) in [6, 6.07) is 19.0. The van der Waals surface area contributed by atoms with Crippen molar-refractivity contribution in [3.63, 3.8) is 0 Å². The number of amides is 2. The van der Waals surface area contributed by atoms with E-state index in [1.807, 2.05) is 20.8 Å². The third-order valence-corrected chi connectivity index (χ3v) is 5.13. The summed E-state index contributed by atoms with van der Waals surface area (Å²) in [7, 11) is 1.56. The molecule has 4 rings (SSSR count). The third-order valence-electron chi connectivity index (χ3n) is 5.13. The summed E-state index contributed by atoms with van der Waals surface area (Å²) in [5.74, 6) is 1.18. The van der Waals surface area contributed by atoms with Crippen molar-refractivity contribution in [2.75, 3.05) is 24.4 Å². The minimum Gasteiger partial charge on any atom is -0.497 e. The van der Waals surface area contributed by atoms with E-state index in [-0.39, 0.29) is 23.8 Å². The highest BCUT2D eigenvalue weighted by atomic mass is 16.5. The Balaban J connectivity index is 1.33. The molecule has 180 valence electrons. The highest BCUT2D eigenvalue weighted by Crippen LogP contribution is 2.27. The smallest absolute Gasteiger partial charge is 0.262 e. The summed E-state index contributed by atoms with van der Waals surface area (Å²) < 4.78 is 16.5. The number of methoxy groups -OCH3 is 1. The van der Waals surface area contributed by atoms with E-state index >= 15 is 0 Å². The zero-order valence-electron chi connectivity index (χ0n) is 20.0. The van der Waals surface area contributed by atoms with Crippen molar-refractivity contribution in [2.24, 2.45) is 0 Å². The Labute approximate surface area is 203 Å². The molecule has 0 atom stereocenters. The molecule has 0 aliphatic heterocycles. The van der Waals surface area contributed by atoms with E-state index in [4.69, 9.17) is 13.9 Å². The first-order valence-corrected chi connectivity index (χ1v) is 11.1. The van der Waals surface area contributed by atoms with Gasteiger partial charge in [0.05, 0.1) is 7.11 Å². The van der Waals surface area contributed by atoms with Gasteiger partial charge >= 0.3 is 0 Å². The molecule has 1 aromatic heterocycles. The van der Waals surface area contributed by atoms with E-state index in [0.717, 1.165) is 0 Å². The normalized spacial score (nSPS) is 11.2. The van der Waals surface area contributed by atoms with E-state index in [9.17, 15) is 9.59 Å². The lowest BCUT2D eigenvalue weighted by Gasteiger charge is -2.11. The molecule has 0 fully saturated rings. The molecular weight excluding hydrogens is 446 g/mol. The molecule has 2 N–H and O–H groups in total. The lowest BCUT2D eigenvalue weighted by atomic mass is 9.97. The van der Waals surface area contributed by atoms with Crippen molar-refractivity contribution in [2.45, 2.75) is 26.2 Å². The van der Waals surface area contributed by atoms with Crippen LogP contribution < -0.4 is 20.1 Å². The number of benzene rings is 3. The van der Waals surface area contributed by atoms with Crippen molar-refractivity contribution in [3.8, 4) is 11.5 Å². The monoisotopic (exact) mass is 473 g/mol. The van der Waals surface area contributed by atoms with Crippen molar-refractivity contribution in [1.82, 2.24) is 4.98 Å². The molecule has 35 heavy (non-hydrogen) atoms. The molecule has 0 bridgehead atoms. The highest BCUT2D eigenvalue weighted by molar-refractivity contribution is 6.05. The van der Waals surface area contributed by atoms with Gasteiger partial charge in [0.2, 0.25) is 5.89 Å². The van der Waals surface area contributed by atoms with Crippen LogP contribution in [0.5, 0.6) is 11.5 Å². The zero-order valence-corrected chi connectivity index (χ0v) is 20.0. The Morgan fingerprint density at radius 3 is 2.37 bits per heavy atom. The largest absolute Gasteiger partial charge is 0.497 e. The van der Waals surface area contributed by atoms with Gasteiger partial charge in [-0.15, -0.1) is 0 Å². The van der Waals surface area contributed by atoms with E-state index < -0.39 is 0 Å². The molecule has 0 aliphatic carbocycles. The van der Waals surface area contributed by atoms with Crippen molar-refractivity contribution >= 4 is 34.3 Å². The van der Waals surface area contributed by atoms with Crippen LogP contribution in [0.2, 0.25) is 0 Å². The average molecular weight is 474 g/mol. The molecule has 3 aromatic carbocycles. The summed E-state index contributed by atoms with van der Waals surface area (Å²) in [5.41, 5.74) is 2.83. The number of aromatic nitrogens is 1. The fraction of sp³-hybridized carbons (Fsp3) is 0.222. The maximum Gasteiger partial charge on any atom is 0.262 e. The van der Waals surface area contributed by atoms with Gasteiger partial charge in [-0.2, -0.15) is 0 Å². The first-order valence-electron chi connectivity index (χ1n) is 11.1. The number of carbonyl (C=O) groups is 2. The quantitative estimate of drug-likeness (QED) is 0.372. The molecule has 0 aliphatic rings. The van der Waals surface area contributed by atoms with Crippen LogP contribution >= 0.6 is 0 Å². The maximum atomic E-state index is 12.7. The third kappa shape index (κ3) is 5.97.